The highest BCUT2D eigenvalue weighted by atomic mass is 16.4. The number of carbonyl (C=O) groups excluding carboxylic acids is 1. The van der Waals surface area contributed by atoms with E-state index in [4.69, 9.17) is 5.11 Å². The third kappa shape index (κ3) is 3.08. The fourth-order valence-electron chi connectivity index (χ4n) is 1.22. The maximum absolute atomic E-state index is 11.2. The first kappa shape index (κ1) is 10.6. The van der Waals surface area contributed by atoms with E-state index < -0.39 is 18.0 Å². The van der Waals surface area contributed by atoms with Crippen molar-refractivity contribution < 1.29 is 14.7 Å². The fraction of sp³-hybridized carbons (Fsp3) is 0.556. The summed E-state index contributed by atoms with van der Waals surface area (Å²) in [6.07, 6.45) is 5.61. The van der Waals surface area contributed by atoms with Gasteiger partial charge in [-0.15, -0.1) is 0 Å². The highest BCUT2D eigenvalue weighted by molar-refractivity contribution is 5.82. The molecule has 0 aromatic heterocycles. The van der Waals surface area contributed by atoms with Crippen LogP contribution in [0.3, 0.4) is 0 Å². The summed E-state index contributed by atoms with van der Waals surface area (Å²) < 4.78 is 0. The minimum absolute atomic E-state index is 0.107. The second-order valence-corrected chi connectivity index (χ2v) is 3.32. The molecule has 0 saturated carbocycles. The summed E-state index contributed by atoms with van der Waals surface area (Å²) in [4.78, 5) is 21.6. The predicted molar refractivity (Wildman–Crippen MR) is 50.9 cm³/mol. The van der Waals surface area contributed by atoms with E-state index >= 15 is 0 Å². The molecule has 5 heteroatoms. The van der Waals surface area contributed by atoms with Crippen LogP contribution in [0.15, 0.2) is 12.2 Å². The Bertz CT molecular complexity index is 255. The Balaban J connectivity index is 2.25. The minimum Gasteiger partial charge on any atom is -0.480 e. The van der Waals surface area contributed by atoms with Crippen molar-refractivity contribution in [2.75, 3.05) is 0 Å². The largest absolute Gasteiger partial charge is 0.480 e. The number of aliphatic carboxylic acids is 1. The SMILES string of the molecule is C[C@H](NC(=O)NC1CC=CC1)C(=O)O. The molecule has 78 valence electrons. The quantitative estimate of drug-likeness (QED) is 0.577. The maximum Gasteiger partial charge on any atom is 0.325 e. The molecule has 0 aromatic carbocycles. The van der Waals surface area contributed by atoms with E-state index in [-0.39, 0.29) is 6.04 Å². The Hall–Kier alpha value is -1.52. The molecule has 1 aliphatic rings. The Labute approximate surface area is 82.2 Å². The fourth-order valence-corrected chi connectivity index (χ4v) is 1.22. The minimum atomic E-state index is -1.04. The van der Waals surface area contributed by atoms with Crippen LogP contribution in [0.25, 0.3) is 0 Å². The van der Waals surface area contributed by atoms with Crippen LogP contribution in [0.5, 0.6) is 0 Å². The zero-order valence-corrected chi connectivity index (χ0v) is 7.99. The lowest BCUT2D eigenvalue weighted by molar-refractivity contribution is -0.138. The Morgan fingerprint density at radius 2 is 2.00 bits per heavy atom. The molecule has 0 aromatic rings. The molecule has 0 bridgehead atoms. The summed E-state index contributed by atoms with van der Waals surface area (Å²) in [6.45, 7) is 1.43. The number of nitrogens with one attached hydrogen (secondary N) is 2. The molecular formula is C9H14N2O3. The van der Waals surface area contributed by atoms with Crippen LogP contribution in [-0.2, 0) is 4.79 Å². The number of rotatable bonds is 3. The lowest BCUT2D eigenvalue weighted by atomic mass is 10.2. The monoisotopic (exact) mass is 198 g/mol. The van der Waals surface area contributed by atoms with Gasteiger partial charge < -0.3 is 15.7 Å². The van der Waals surface area contributed by atoms with Crippen LogP contribution in [0.2, 0.25) is 0 Å². The van der Waals surface area contributed by atoms with Crippen molar-refractivity contribution in [3.63, 3.8) is 0 Å². The van der Waals surface area contributed by atoms with Gasteiger partial charge in [0.2, 0.25) is 0 Å². The first-order valence-corrected chi connectivity index (χ1v) is 4.54. The summed E-state index contributed by atoms with van der Waals surface area (Å²) in [6, 6.07) is -1.17. The number of carboxylic acid groups (broad SMARTS) is 1. The second-order valence-electron chi connectivity index (χ2n) is 3.32. The summed E-state index contributed by atoms with van der Waals surface area (Å²) in [5, 5.41) is 13.6. The van der Waals surface area contributed by atoms with Gasteiger partial charge in [-0.3, -0.25) is 4.79 Å². The normalized spacial score (nSPS) is 17.8. The van der Waals surface area contributed by atoms with E-state index in [1.54, 1.807) is 0 Å². The molecule has 14 heavy (non-hydrogen) atoms. The van der Waals surface area contributed by atoms with Gasteiger partial charge in [0.15, 0.2) is 0 Å². The zero-order valence-electron chi connectivity index (χ0n) is 7.99. The number of urea groups is 1. The van der Waals surface area contributed by atoms with Gasteiger partial charge in [-0.05, 0) is 19.8 Å². The molecule has 0 fully saturated rings. The van der Waals surface area contributed by atoms with Gasteiger partial charge in [0, 0.05) is 6.04 Å². The van der Waals surface area contributed by atoms with Crippen LogP contribution in [-0.4, -0.2) is 29.2 Å². The summed E-state index contributed by atoms with van der Waals surface area (Å²) >= 11 is 0. The summed E-state index contributed by atoms with van der Waals surface area (Å²) in [7, 11) is 0. The van der Waals surface area contributed by atoms with Gasteiger partial charge in [-0.1, -0.05) is 12.2 Å². The molecule has 1 rings (SSSR count). The van der Waals surface area contributed by atoms with E-state index in [2.05, 4.69) is 10.6 Å². The Morgan fingerprint density at radius 3 is 2.50 bits per heavy atom. The molecule has 0 saturated heterocycles. The molecule has 0 radical (unpaired) electrons. The van der Waals surface area contributed by atoms with Crippen LogP contribution >= 0.6 is 0 Å². The molecule has 2 amide bonds. The molecule has 3 N–H and O–H groups in total. The molecule has 1 atom stereocenters. The molecule has 0 spiro atoms. The third-order valence-electron chi connectivity index (χ3n) is 2.06. The van der Waals surface area contributed by atoms with E-state index in [0.717, 1.165) is 12.8 Å². The van der Waals surface area contributed by atoms with Crippen molar-refractivity contribution in [2.24, 2.45) is 0 Å². The molecule has 5 nitrogen and oxygen atoms in total. The van der Waals surface area contributed by atoms with E-state index in [9.17, 15) is 9.59 Å². The van der Waals surface area contributed by atoms with Crippen LogP contribution in [0.1, 0.15) is 19.8 Å². The average molecular weight is 198 g/mol. The Kier molecular flexibility index (Phi) is 3.50. The van der Waals surface area contributed by atoms with Gasteiger partial charge in [0.1, 0.15) is 6.04 Å². The number of amides is 2. The summed E-state index contributed by atoms with van der Waals surface area (Å²) in [5.41, 5.74) is 0. The maximum atomic E-state index is 11.2. The number of hydrogen-bond acceptors (Lipinski definition) is 2. The predicted octanol–water partition coefficient (Wildman–Crippen LogP) is 0.477. The molecule has 1 aliphatic carbocycles. The Morgan fingerprint density at radius 1 is 1.43 bits per heavy atom. The highest BCUT2D eigenvalue weighted by Crippen LogP contribution is 2.08. The smallest absolute Gasteiger partial charge is 0.325 e. The van der Waals surface area contributed by atoms with E-state index in [1.807, 2.05) is 12.2 Å². The van der Waals surface area contributed by atoms with Gasteiger partial charge in [0.05, 0.1) is 0 Å². The van der Waals surface area contributed by atoms with Crippen LogP contribution < -0.4 is 10.6 Å². The first-order chi connectivity index (χ1) is 6.59. The first-order valence-electron chi connectivity index (χ1n) is 4.54. The van der Waals surface area contributed by atoms with Gasteiger partial charge >= 0.3 is 12.0 Å². The van der Waals surface area contributed by atoms with Crippen molar-refractivity contribution in [3.05, 3.63) is 12.2 Å². The molecular weight excluding hydrogens is 184 g/mol. The zero-order chi connectivity index (χ0) is 10.6. The second kappa shape index (κ2) is 4.64. The van der Waals surface area contributed by atoms with Crippen molar-refractivity contribution in [1.82, 2.24) is 10.6 Å². The lowest BCUT2D eigenvalue weighted by Crippen LogP contribution is -2.47. The van der Waals surface area contributed by atoms with Gasteiger partial charge in [0.25, 0.3) is 0 Å². The van der Waals surface area contributed by atoms with Crippen LogP contribution in [0.4, 0.5) is 4.79 Å². The van der Waals surface area contributed by atoms with Crippen molar-refractivity contribution in [1.29, 1.82) is 0 Å². The lowest BCUT2D eigenvalue weighted by Gasteiger charge is -2.14. The summed E-state index contributed by atoms with van der Waals surface area (Å²) in [5.74, 6) is -1.04. The van der Waals surface area contributed by atoms with Gasteiger partial charge in [-0.25, -0.2) is 4.79 Å². The molecule has 0 unspecified atom stereocenters. The van der Waals surface area contributed by atoms with Crippen molar-refractivity contribution in [3.8, 4) is 0 Å². The number of carboxylic acids is 1. The van der Waals surface area contributed by atoms with Crippen molar-refractivity contribution >= 4 is 12.0 Å². The van der Waals surface area contributed by atoms with Crippen molar-refractivity contribution in [2.45, 2.75) is 31.8 Å². The van der Waals surface area contributed by atoms with E-state index in [0.29, 0.717) is 0 Å². The molecule has 0 aliphatic heterocycles. The van der Waals surface area contributed by atoms with Crippen LogP contribution in [0, 0.1) is 0 Å². The topological polar surface area (TPSA) is 78.4 Å². The molecule has 0 heterocycles. The van der Waals surface area contributed by atoms with E-state index in [1.165, 1.54) is 6.92 Å². The number of carbonyl (C=O) groups is 2. The van der Waals surface area contributed by atoms with Gasteiger partial charge in [-0.2, -0.15) is 0 Å². The number of hydrogen-bond donors (Lipinski definition) is 3. The average Bonchev–Trinajstić information content (AvgIpc) is 2.56. The third-order valence-corrected chi connectivity index (χ3v) is 2.06. The standard InChI is InChI=1S/C9H14N2O3/c1-6(8(12)13)10-9(14)11-7-4-2-3-5-7/h2-3,6-7H,4-5H2,1H3,(H,12,13)(H2,10,11,14)/t6-/m0/s1. The highest BCUT2D eigenvalue weighted by Gasteiger charge is 2.17.